The monoisotopic (exact) mass is 248 g/mol. The summed E-state index contributed by atoms with van der Waals surface area (Å²) in [6.07, 6.45) is 0.613. The van der Waals surface area contributed by atoms with Gasteiger partial charge >= 0.3 is 5.97 Å². The molecule has 4 heteroatoms. The number of nitrogens with one attached hydrogen (secondary N) is 1. The molecule has 1 fully saturated rings. The van der Waals surface area contributed by atoms with Crippen molar-refractivity contribution in [2.45, 2.75) is 25.4 Å². The van der Waals surface area contributed by atoms with E-state index < -0.39 is 11.5 Å². The molecule has 0 amide bonds. The molecule has 0 radical (unpaired) electrons. The summed E-state index contributed by atoms with van der Waals surface area (Å²) in [4.78, 5) is 13.7. The summed E-state index contributed by atoms with van der Waals surface area (Å²) in [5.41, 5.74) is 0.396. The van der Waals surface area contributed by atoms with Crippen molar-refractivity contribution in [1.29, 1.82) is 0 Å². The predicted octanol–water partition coefficient (Wildman–Crippen LogP) is 1.33. The Hall–Kier alpha value is -1.39. The fourth-order valence-corrected chi connectivity index (χ4v) is 2.58. The number of piperazine rings is 1. The van der Waals surface area contributed by atoms with Crippen LogP contribution in [-0.4, -0.2) is 41.1 Å². The lowest BCUT2D eigenvalue weighted by Gasteiger charge is -2.44. The molecule has 0 saturated carbocycles. The quantitative estimate of drug-likeness (QED) is 0.844. The van der Waals surface area contributed by atoms with Crippen molar-refractivity contribution in [1.82, 2.24) is 10.2 Å². The molecule has 1 heterocycles. The Bertz CT molecular complexity index is 408. The average Bonchev–Trinajstić information content (AvgIpc) is 2.40. The normalized spacial score (nSPS) is 24.9. The van der Waals surface area contributed by atoms with Crippen molar-refractivity contribution in [2.75, 3.05) is 19.6 Å². The maximum Gasteiger partial charge on any atom is 0.325 e. The largest absolute Gasteiger partial charge is 0.480 e. The second-order valence-electron chi connectivity index (χ2n) is 4.77. The third-order valence-electron chi connectivity index (χ3n) is 3.78. The van der Waals surface area contributed by atoms with Crippen molar-refractivity contribution in [3.8, 4) is 0 Å². The highest BCUT2D eigenvalue weighted by Crippen LogP contribution is 2.24. The number of rotatable bonds is 4. The maximum absolute atomic E-state index is 11.6. The van der Waals surface area contributed by atoms with Crippen LogP contribution in [0.5, 0.6) is 0 Å². The van der Waals surface area contributed by atoms with E-state index in [9.17, 15) is 9.90 Å². The second kappa shape index (κ2) is 5.50. The van der Waals surface area contributed by atoms with E-state index >= 15 is 0 Å². The average molecular weight is 248 g/mol. The van der Waals surface area contributed by atoms with Gasteiger partial charge in [-0.3, -0.25) is 9.69 Å². The van der Waals surface area contributed by atoms with Crippen LogP contribution in [0, 0.1) is 0 Å². The number of nitrogens with zero attached hydrogens (tertiary/aromatic N) is 1. The lowest BCUT2D eigenvalue weighted by Crippen LogP contribution is -2.64. The zero-order valence-corrected chi connectivity index (χ0v) is 10.7. The van der Waals surface area contributed by atoms with E-state index in [1.165, 1.54) is 5.56 Å². The molecular formula is C14H20N2O2. The summed E-state index contributed by atoms with van der Waals surface area (Å²) >= 11 is 0. The smallest absolute Gasteiger partial charge is 0.325 e. The van der Waals surface area contributed by atoms with Crippen molar-refractivity contribution >= 4 is 5.97 Å². The highest BCUT2D eigenvalue weighted by molar-refractivity contribution is 5.79. The summed E-state index contributed by atoms with van der Waals surface area (Å²) in [5, 5.41) is 12.8. The Kier molecular flexibility index (Phi) is 3.99. The molecule has 1 unspecified atom stereocenters. The Labute approximate surface area is 108 Å². The van der Waals surface area contributed by atoms with Crippen LogP contribution in [0.3, 0.4) is 0 Å². The van der Waals surface area contributed by atoms with Crippen LogP contribution in [0.15, 0.2) is 30.3 Å². The van der Waals surface area contributed by atoms with Crippen LogP contribution in [0.1, 0.15) is 18.9 Å². The van der Waals surface area contributed by atoms with Crippen LogP contribution < -0.4 is 5.32 Å². The Morgan fingerprint density at radius 2 is 2.17 bits per heavy atom. The van der Waals surface area contributed by atoms with Gasteiger partial charge in [0.05, 0.1) is 0 Å². The van der Waals surface area contributed by atoms with Crippen molar-refractivity contribution < 1.29 is 9.90 Å². The molecule has 98 valence electrons. The van der Waals surface area contributed by atoms with Crippen LogP contribution in [0.2, 0.25) is 0 Å². The highest BCUT2D eigenvalue weighted by atomic mass is 16.4. The molecule has 0 aliphatic carbocycles. The minimum absolute atomic E-state index is 0.520. The third-order valence-corrected chi connectivity index (χ3v) is 3.78. The maximum atomic E-state index is 11.6. The number of carboxylic acids is 1. The van der Waals surface area contributed by atoms with Gasteiger partial charge in [0, 0.05) is 26.2 Å². The highest BCUT2D eigenvalue weighted by Gasteiger charge is 2.44. The number of aliphatic carboxylic acids is 1. The first kappa shape index (κ1) is 13.1. The molecule has 0 aromatic heterocycles. The first-order valence-corrected chi connectivity index (χ1v) is 6.42. The standard InChI is InChI=1S/C14H20N2O2/c1-2-14(13(17)18)11-15-8-9-16(14)10-12-6-4-3-5-7-12/h3-7,15H,2,8-11H2,1H3,(H,17,18). The zero-order valence-electron chi connectivity index (χ0n) is 10.7. The summed E-state index contributed by atoms with van der Waals surface area (Å²) in [7, 11) is 0. The van der Waals surface area contributed by atoms with Crippen molar-refractivity contribution in [3.63, 3.8) is 0 Å². The van der Waals surface area contributed by atoms with Gasteiger partial charge in [0.25, 0.3) is 0 Å². The number of hydrogen-bond acceptors (Lipinski definition) is 3. The lowest BCUT2D eigenvalue weighted by atomic mass is 9.91. The molecule has 1 atom stereocenters. The predicted molar refractivity (Wildman–Crippen MR) is 70.4 cm³/mol. The van der Waals surface area contributed by atoms with E-state index in [0.717, 1.165) is 13.1 Å². The van der Waals surface area contributed by atoms with Gasteiger partial charge < -0.3 is 10.4 Å². The topological polar surface area (TPSA) is 52.6 Å². The molecule has 0 spiro atoms. The van der Waals surface area contributed by atoms with Gasteiger partial charge in [-0.25, -0.2) is 0 Å². The Morgan fingerprint density at radius 3 is 2.78 bits per heavy atom. The van der Waals surface area contributed by atoms with Crippen molar-refractivity contribution in [3.05, 3.63) is 35.9 Å². The van der Waals surface area contributed by atoms with Crippen LogP contribution in [0.4, 0.5) is 0 Å². The first-order valence-electron chi connectivity index (χ1n) is 6.42. The summed E-state index contributed by atoms with van der Waals surface area (Å²) < 4.78 is 0. The van der Waals surface area contributed by atoms with E-state index in [0.29, 0.717) is 19.5 Å². The molecule has 1 aliphatic heterocycles. The summed E-state index contributed by atoms with van der Waals surface area (Å²) in [5.74, 6) is -0.729. The molecule has 0 bridgehead atoms. The van der Waals surface area contributed by atoms with E-state index in [1.807, 2.05) is 37.3 Å². The minimum Gasteiger partial charge on any atom is -0.480 e. The molecular weight excluding hydrogens is 228 g/mol. The molecule has 1 saturated heterocycles. The van der Waals surface area contributed by atoms with E-state index in [2.05, 4.69) is 10.2 Å². The molecule has 4 nitrogen and oxygen atoms in total. The number of carbonyl (C=O) groups is 1. The molecule has 1 aliphatic rings. The van der Waals surface area contributed by atoms with Crippen LogP contribution >= 0.6 is 0 Å². The summed E-state index contributed by atoms with van der Waals surface area (Å²) in [6, 6.07) is 10.1. The van der Waals surface area contributed by atoms with Crippen LogP contribution in [0.25, 0.3) is 0 Å². The SMILES string of the molecule is CCC1(C(=O)O)CNCCN1Cc1ccccc1. The first-order chi connectivity index (χ1) is 8.69. The van der Waals surface area contributed by atoms with Crippen LogP contribution in [-0.2, 0) is 11.3 Å². The van der Waals surface area contributed by atoms with Gasteiger partial charge in [0.2, 0.25) is 0 Å². The minimum atomic E-state index is -0.770. The summed E-state index contributed by atoms with van der Waals surface area (Å²) in [6.45, 7) is 4.78. The number of benzene rings is 1. The molecule has 18 heavy (non-hydrogen) atoms. The molecule has 2 rings (SSSR count). The van der Waals surface area contributed by atoms with Crippen molar-refractivity contribution in [2.24, 2.45) is 0 Å². The van der Waals surface area contributed by atoms with Gasteiger partial charge in [-0.05, 0) is 12.0 Å². The number of carboxylic acid groups (broad SMARTS) is 1. The fourth-order valence-electron chi connectivity index (χ4n) is 2.58. The van der Waals surface area contributed by atoms with Gasteiger partial charge in [0.1, 0.15) is 5.54 Å². The Morgan fingerprint density at radius 1 is 1.44 bits per heavy atom. The third kappa shape index (κ3) is 2.40. The van der Waals surface area contributed by atoms with Gasteiger partial charge in [-0.2, -0.15) is 0 Å². The zero-order chi connectivity index (χ0) is 13.0. The van der Waals surface area contributed by atoms with E-state index in [-0.39, 0.29) is 0 Å². The molecule has 1 aromatic carbocycles. The van der Waals surface area contributed by atoms with Gasteiger partial charge in [-0.15, -0.1) is 0 Å². The number of hydrogen-bond donors (Lipinski definition) is 2. The lowest BCUT2D eigenvalue weighted by molar-refractivity contribution is -0.154. The van der Waals surface area contributed by atoms with Gasteiger partial charge in [0.15, 0.2) is 0 Å². The second-order valence-corrected chi connectivity index (χ2v) is 4.77. The molecule has 2 N–H and O–H groups in total. The van der Waals surface area contributed by atoms with E-state index in [4.69, 9.17) is 0 Å². The van der Waals surface area contributed by atoms with Gasteiger partial charge in [-0.1, -0.05) is 37.3 Å². The Balaban J connectivity index is 2.20. The molecule has 1 aromatic rings. The van der Waals surface area contributed by atoms with E-state index in [1.54, 1.807) is 0 Å². The fraction of sp³-hybridized carbons (Fsp3) is 0.500.